The van der Waals surface area contributed by atoms with E-state index in [9.17, 15) is 15.0 Å². The van der Waals surface area contributed by atoms with Crippen molar-refractivity contribution in [1.82, 2.24) is 10.0 Å². The molecule has 0 aromatic heterocycles. The molecule has 0 bridgehead atoms. The number of fused-ring (bicyclic) bond motifs is 1. The summed E-state index contributed by atoms with van der Waals surface area (Å²) in [6.07, 6.45) is -0.468. The Hall–Kier alpha value is -2.26. The monoisotopic (exact) mass is 474 g/mol. The summed E-state index contributed by atoms with van der Waals surface area (Å²) in [5, 5.41) is 23.8. The van der Waals surface area contributed by atoms with Crippen molar-refractivity contribution in [3.8, 4) is 11.5 Å². The average Bonchev–Trinajstić information content (AvgIpc) is 3.08. The van der Waals surface area contributed by atoms with Gasteiger partial charge in [-0.3, -0.25) is 9.52 Å². The van der Waals surface area contributed by atoms with Crippen molar-refractivity contribution in [2.75, 3.05) is 20.3 Å². The zero-order valence-corrected chi connectivity index (χ0v) is 20.4. The molecule has 0 radical (unpaired) electrons. The molecular weight excluding hydrogens is 440 g/mol. The van der Waals surface area contributed by atoms with E-state index in [-0.39, 0.29) is 11.8 Å². The van der Waals surface area contributed by atoms with Gasteiger partial charge in [0.15, 0.2) is 11.5 Å². The number of benzene rings is 2. The number of amides is 1. The highest BCUT2D eigenvalue weighted by Crippen LogP contribution is 2.33. The molecule has 1 aliphatic carbocycles. The quantitative estimate of drug-likeness (QED) is 0.371. The third-order valence-corrected chi connectivity index (χ3v) is 6.56. The molecule has 0 saturated heterocycles. The molecule has 1 amide bonds. The van der Waals surface area contributed by atoms with Crippen LogP contribution in [0.1, 0.15) is 43.0 Å². The Morgan fingerprint density at radius 3 is 2.76 bits per heavy atom. The Labute approximate surface area is 200 Å². The van der Waals surface area contributed by atoms with Gasteiger partial charge < -0.3 is 25.0 Å². The Morgan fingerprint density at radius 2 is 2.03 bits per heavy atom. The van der Waals surface area contributed by atoms with Crippen molar-refractivity contribution in [3.05, 3.63) is 53.1 Å². The van der Waals surface area contributed by atoms with Crippen molar-refractivity contribution < 1.29 is 24.5 Å². The first-order valence-electron chi connectivity index (χ1n) is 11.3. The number of hydrogen-bond donors (Lipinski definition) is 4. The van der Waals surface area contributed by atoms with Crippen LogP contribution in [0.25, 0.3) is 0 Å². The lowest BCUT2D eigenvalue weighted by Crippen LogP contribution is -2.38. The fraction of sp³-hybridized carbons (Fsp3) is 0.480. The number of nitrogens with one attached hydrogen (secondary N) is 2. The van der Waals surface area contributed by atoms with E-state index in [0.29, 0.717) is 37.5 Å². The van der Waals surface area contributed by atoms with Crippen LogP contribution in [0.2, 0.25) is 0 Å². The van der Waals surface area contributed by atoms with Crippen LogP contribution in [0.5, 0.6) is 11.5 Å². The summed E-state index contributed by atoms with van der Waals surface area (Å²) >= 11 is 1.38. The summed E-state index contributed by atoms with van der Waals surface area (Å²) in [5.41, 5.74) is 3.18. The van der Waals surface area contributed by atoms with E-state index < -0.39 is 18.2 Å². The predicted octanol–water partition coefficient (Wildman–Crippen LogP) is 3.16. The number of rotatable bonds is 11. The summed E-state index contributed by atoms with van der Waals surface area (Å²) in [6, 6.07) is 11.3. The van der Waals surface area contributed by atoms with Crippen LogP contribution < -0.4 is 19.5 Å². The SMILES string of the molecule is CCOc1ccc(SNCC(O)CC(C)C(=O)NC2c3ccc(C)cc3CC2O)cc1OC. The molecule has 1 aliphatic rings. The Morgan fingerprint density at radius 1 is 1.24 bits per heavy atom. The van der Waals surface area contributed by atoms with Gasteiger partial charge in [0.2, 0.25) is 5.91 Å². The van der Waals surface area contributed by atoms with Crippen molar-refractivity contribution in [3.63, 3.8) is 0 Å². The molecule has 180 valence electrons. The predicted molar refractivity (Wildman–Crippen MR) is 130 cm³/mol. The Kier molecular flexibility index (Phi) is 9.02. The minimum Gasteiger partial charge on any atom is -0.493 e. The van der Waals surface area contributed by atoms with E-state index >= 15 is 0 Å². The standard InChI is InChI=1S/C25H34N2O5S/c1-5-32-22-9-7-19(13-23(22)31-4)33-26-14-18(28)11-16(3)25(30)27-24-20-8-6-15(2)10-17(20)12-21(24)29/h6-10,13,16,18,21,24,26,28-29H,5,11-12,14H2,1-4H3,(H,27,30). The van der Waals surface area contributed by atoms with Crippen LogP contribution in [0.4, 0.5) is 0 Å². The molecule has 0 saturated carbocycles. The lowest BCUT2D eigenvalue weighted by Gasteiger charge is -2.22. The number of aliphatic hydroxyl groups excluding tert-OH is 2. The highest BCUT2D eigenvalue weighted by Gasteiger charge is 2.33. The molecule has 2 aromatic carbocycles. The fourth-order valence-electron chi connectivity index (χ4n) is 4.04. The van der Waals surface area contributed by atoms with Gasteiger partial charge in [-0.05, 0) is 61.5 Å². The maximum absolute atomic E-state index is 12.7. The zero-order valence-electron chi connectivity index (χ0n) is 19.6. The van der Waals surface area contributed by atoms with E-state index in [1.807, 2.05) is 44.2 Å². The summed E-state index contributed by atoms with van der Waals surface area (Å²) in [5.74, 6) is 0.782. The third-order valence-electron chi connectivity index (χ3n) is 5.76. The molecule has 4 N–H and O–H groups in total. The maximum Gasteiger partial charge on any atom is 0.223 e. The number of hydrogen-bond acceptors (Lipinski definition) is 7. The average molecular weight is 475 g/mol. The first kappa shape index (κ1) is 25.4. The van der Waals surface area contributed by atoms with Crippen LogP contribution in [-0.4, -0.2) is 48.6 Å². The van der Waals surface area contributed by atoms with Crippen LogP contribution in [0.15, 0.2) is 41.3 Å². The second-order valence-electron chi connectivity index (χ2n) is 8.45. The minimum absolute atomic E-state index is 0.171. The van der Waals surface area contributed by atoms with Gasteiger partial charge in [0.05, 0.1) is 32.0 Å². The minimum atomic E-state index is -0.689. The smallest absolute Gasteiger partial charge is 0.223 e. The van der Waals surface area contributed by atoms with Crippen molar-refractivity contribution in [2.45, 2.75) is 56.8 Å². The lowest BCUT2D eigenvalue weighted by molar-refractivity contribution is -0.127. The van der Waals surface area contributed by atoms with Gasteiger partial charge in [-0.15, -0.1) is 0 Å². The first-order chi connectivity index (χ1) is 15.8. The number of aryl methyl sites for hydroxylation is 1. The molecule has 8 heteroatoms. The van der Waals surface area contributed by atoms with E-state index in [1.165, 1.54) is 11.9 Å². The summed E-state index contributed by atoms with van der Waals surface area (Å²) in [6.45, 7) is 6.61. The molecule has 7 nitrogen and oxygen atoms in total. The first-order valence-corrected chi connectivity index (χ1v) is 12.1. The number of carbonyl (C=O) groups is 1. The van der Waals surface area contributed by atoms with Crippen molar-refractivity contribution >= 4 is 17.9 Å². The topological polar surface area (TPSA) is 100 Å². The number of aliphatic hydroxyl groups is 2. The molecule has 0 spiro atoms. The molecule has 33 heavy (non-hydrogen) atoms. The molecule has 3 rings (SSSR count). The van der Waals surface area contributed by atoms with Gasteiger partial charge in [0.1, 0.15) is 0 Å². The van der Waals surface area contributed by atoms with Crippen LogP contribution in [-0.2, 0) is 11.2 Å². The van der Waals surface area contributed by atoms with Crippen LogP contribution in [0.3, 0.4) is 0 Å². The molecular formula is C25H34N2O5S. The summed E-state index contributed by atoms with van der Waals surface area (Å²) in [7, 11) is 1.60. The second-order valence-corrected chi connectivity index (χ2v) is 9.41. The Bertz CT molecular complexity index is 954. The molecule has 0 aliphatic heterocycles. The van der Waals surface area contributed by atoms with Gasteiger partial charge in [-0.2, -0.15) is 0 Å². The van der Waals surface area contributed by atoms with E-state index in [0.717, 1.165) is 21.6 Å². The lowest BCUT2D eigenvalue weighted by atomic mass is 10.0. The van der Waals surface area contributed by atoms with E-state index in [4.69, 9.17) is 9.47 Å². The molecule has 0 heterocycles. The molecule has 0 fully saturated rings. The van der Waals surface area contributed by atoms with Gasteiger partial charge in [-0.1, -0.05) is 30.7 Å². The van der Waals surface area contributed by atoms with Crippen molar-refractivity contribution in [2.24, 2.45) is 5.92 Å². The highest BCUT2D eigenvalue weighted by atomic mass is 32.2. The summed E-state index contributed by atoms with van der Waals surface area (Å²) in [4.78, 5) is 13.7. The maximum atomic E-state index is 12.7. The van der Waals surface area contributed by atoms with Gasteiger partial charge in [0.25, 0.3) is 0 Å². The number of methoxy groups -OCH3 is 1. The van der Waals surface area contributed by atoms with Gasteiger partial charge in [-0.25, -0.2) is 0 Å². The largest absolute Gasteiger partial charge is 0.493 e. The van der Waals surface area contributed by atoms with Crippen LogP contribution in [0, 0.1) is 12.8 Å². The second kappa shape index (κ2) is 11.7. The molecule has 2 aromatic rings. The van der Waals surface area contributed by atoms with E-state index in [1.54, 1.807) is 14.0 Å². The normalized spacial score (nSPS) is 19.0. The van der Waals surface area contributed by atoms with E-state index in [2.05, 4.69) is 16.1 Å². The van der Waals surface area contributed by atoms with Crippen molar-refractivity contribution in [1.29, 1.82) is 0 Å². The zero-order chi connectivity index (χ0) is 24.0. The third kappa shape index (κ3) is 6.63. The Balaban J connectivity index is 1.46. The van der Waals surface area contributed by atoms with Gasteiger partial charge >= 0.3 is 0 Å². The fourth-order valence-corrected chi connectivity index (χ4v) is 4.78. The molecule has 4 atom stereocenters. The van der Waals surface area contributed by atoms with Crippen LogP contribution >= 0.6 is 11.9 Å². The number of ether oxygens (including phenoxy) is 2. The molecule has 4 unspecified atom stereocenters. The highest BCUT2D eigenvalue weighted by molar-refractivity contribution is 7.97. The van der Waals surface area contributed by atoms with Gasteiger partial charge in [0, 0.05) is 23.8 Å². The number of carbonyl (C=O) groups excluding carboxylic acids is 1. The summed E-state index contributed by atoms with van der Waals surface area (Å²) < 4.78 is 14.0.